The van der Waals surface area contributed by atoms with Gasteiger partial charge in [-0.3, -0.25) is 4.79 Å². The summed E-state index contributed by atoms with van der Waals surface area (Å²) in [6.07, 6.45) is 5.48. The van der Waals surface area contributed by atoms with Crippen LogP contribution in [-0.4, -0.2) is 16.9 Å². The summed E-state index contributed by atoms with van der Waals surface area (Å²) in [6, 6.07) is 9.68. The summed E-state index contributed by atoms with van der Waals surface area (Å²) in [6.45, 7) is 4.09. The lowest BCUT2D eigenvalue weighted by molar-refractivity contribution is 0.102. The molecule has 5 rings (SSSR count). The SMILES string of the molecule is Cc1ccc2c(c1)C(O)c1cc3c(cc1N2)C(=O)C1=CC(C)C=CC1N3. The number of aryl methyl sites for hydroxylation is 1. The normalized spacial score (nSPS) is 25.1. The van der Waals surface area contributed by atoms with Crippen LogP contribution in [0.2, 0.25) is 0 Å². The zero-order valence-electron chi connectivity index (χ0n) is 14.7. The third-order valence-corrected chi connectivity index (χ3v) is 5.46. The first kappa shape index (κ1) is 15.4. The molecule has 130 valence electrons. The highest BCUT2D eigenvalue weighted by Crippen LogP contribution is 2.44. The second-order valence-electron chi connectivity index (χ2n) is 7.42. The predicted molar refractivity (Wildman–Crippen MR) is 103 cm³/mol. The summed E-state index contributed by atoms with van der Waals surface area (Å²) in [7, 11) is 0. The Balaban J connectivity index is 1.63. The molecule has 2 aliphatic heterocycles. The molecule has 0 saturated carbocycles. The van der Waals surface area contributed by atoms with Gasteiger partial charge >= 0.3 is 0 Å². The van der Waals surface area contributed by atoms with Crippen molar-refractivity contribution in [2.24, 2.45) is 5.92 Å². The number of hydrogen-bond acceptors (Lipinski definition) is 4. The van der Waals surface area contributed by atoms with Crippen LogP contribution in [0.3, 0.4) is 0 Å². The summed E-state index contributed by atoms with van der Waals surface area (Å²) in [5, 5.41) is 17.7. The number of anilines is 3. The number of aliphatic hydroxyl groups excluding tert-OH is 1. The van der Waals surface area contributed by atoms with Crippen LogP contribution in [-0.2, 0) is 0 Å². The molecular weight excluding hydrogens is 324 g/mol. The number of aliphatic hydroxyl groups is 1. The van der Waals surface area contributed by atoms with Crippen molar-refractivity contribution >= 4 is 22.8 Å². The number of nitrogens with one attached hydrogen (secondary N) is 2. The van der Waals surface area contributed by atoms with E-state index in [0.29, 0.717) is 5.56 Å². The standard InChI is InChI=1S/C22H20N2O2/c1-11-3-5-17-13(7-11)21(25)15-9-20-16(10-19(15)23-17)22(26)14-8-12(2)4-6-18(14)24-20/h3-11,17,22-24,26H,1-2H3. The lowest BCUT2D eigenvalue weighted by atomic mass is 9.83. The molecule has 4 nitrogen and oxygen atoms in total. The number of hydrogen-bond donors (Lipinski definition) is 3. The number of allylic oxidation sites excluding steroid dienone is 2. The van der Waals surface area contributed by atoms with Gasteiger partial charge in [0.15, 0.2) is 5.78 Å². The zero-order valence-corrected chi connectivity index (χ0v) is 14.7. The second kappa shape index (κ2) is 5.32. The molecule has 0 aromatic heterocycles. The fourth-order valence-electron chi connectivity index (χ4n) is 4.09. The number of Topliss-reactive ketones (excluding diaryl/α,β-unsaturated/α-hetero) is 1. The monoisotopic (exact) mass is 344 g/mol. The molecule has 3 unspecified atom stereocenters. The molecule has 1 aliphatic carbocycles. The van der Waals surface area contributed by atoms with E-state index in [1.807, 2.05) is 49.4 Å². The summed E-state index contributed by atoms with van der Waals surface area (Å²) >= 11 is 0. The van der Waals surface area contributed by atoms with Gasteiger partial charge in [0.1, 0.15) is 6.10 Å². The highest BCUT2D eigenvalue weighted by atomic mass is 16.3. The van der Waals surface area contributed by atoms with Crippen molar-refractivity contribution in [3.05, 3.63) is 76.4 Å². The molecule has 3 aliphatic rings. The Labute approximate surface area is 152 Å². The Morgan fingerprint density at radius 3 is 2.65 bits per heavy atom. The van der Waals surface area contributed by atoms with E-state index in [1.54, 1.807) is 0 Å². The number of rotatable bonds is 0. The molecule has 2 aromatic rings. The van der Waals surface area contributed by atoms with Gasteiger partial charge in [-0.25, -0.2) is 0 Å². The minimum absolute atomic E-state index is 0.0637. The summed E-state index contributed by atoms with van der Waals surface area (Å²) in [5.74, 6) is 0.329. The number of ketones is 1. The Hall–Kier alpha value is -2.85. The summed E-state index contributed by atoms with van der Waals surface area (Å²) in [4.78, 5) is 13.0. The lowest BCUT2D eigenvalue weighted by Gasteiger charge is -2.33. The van der Waals surface area contributed by atoms with E-state index in [-0.39, 0.29) is 17.7 Å². The van der Waals surface area contributed by atoms with Gasteiger partial charge in [0.2, 0.25) is 0 Å². The van der Waals surface area contributed by atoms with Crippen molar-refractivity contribution < 1.29 is 9.90 Å². The first-order valence-corrected chi connectivity index (χ1v) is 8.96. The minimum Gasteiger partial charge on any atom is -0.383 e. The molecule has 4 heteroatoms. The van der Waals surface area contributed by atoms with Crippen LogP contribution in [0, 0.1) is 12.8 Å². The predicted octanol–water partition coefficient (Wildman–Crippen LogP) is 4.24. The van der Waals surface area contributed by atoms with Crippen LogP contribution < -0.4 is 10.6 Å². The van der Waals surface area contributed by atoms with Crippen LogP contribution in [0.1, 0.15) is 40.1 Å². The molecule has 2 aromatic carbocycles. The second-order valence-corrected chi connectivity index (χ2v) is 7.42. The molecule has 0 spiro atoms. The van der Waals surface area contributed by atoms with E-state index in [9.17, 15) is 9.90 Å². The maximum absolute atomic E-state index is 13.0. The van der Waals surface area contributed by atoms with Crippen molar-refractivity contribution in [3.63, 3.8) is 0 Å². The Morgan fingerprint density at radius 1 is 1.00 bits per heavy atom. The molecule has 0 fully saturated rings. The van der Waals surface area contributed by atoms with E-state index in [1.165, 1.54) is 0 Å². The number of fused-ring (bicyclic) bond motifs is 4. The average molecular weight is 344 g/mol. The van der Waals surface area contributed by atoms with Crippen LogP contribution in [0.15, 0.2) is 54.1 Å². The first-order chi connectivity index (χ1) is 12.5. The molecule has 3 N–H and O–H groups in total. The van der Waals surface area contributed by atoms with Crippen molar-refractivity contribution in [3.8, 4) is 0 Å². The fraction of sp³-hybridized carbons (Fsp3) is 0.227. The minimum atomic E-state index is -0.706. The van der Waals surface area contributed by atoms with Gasteiger partial charge in [0.25, 0.3) is 0 Å². The molecule has 0 bridgehead atoms. The van der Waals surface area contributed by atoms with Crippen LogP contribution >= 0.6 is 0 Å². The number of benzene rings is 2. The molecule has 26 heavy (non-hydrogen) atoms. The van der Waals surface area contributed by atoms with Crippen LogP contribution in [0.5, 0.6) is 0 Å². The van der Waals surface area contributed by atoms with Gasteiger partial charge in [0, 0.05) is 39.3 Å². The molecular formula is C22H20N2O2. The van der Waals surface area contributed by atoms with Gasteiger partial charge in [0.05, 0.1) is 6.04 Å². The maximum Gasteiger partial charge on any atom is 0.193 e. The Kier molecular flexibility index (Phi) is 3.15. The summed E-state index contributed by atoms with van der Waals surface area (Å²) in [5.41, 5.74) is 6.69. The molecule has 2 heterocycles. The van der Waals surface area contributed by atoms with Gasteiger partial charge in [-0.1, -0.05) is 42.8 Å². The number of carbonyl (C=O) groups is 1. The largest absolute Gasteiger partial charge is 0.383 e. The maximum atomic E-state index is 13.0. The third kappa shape index (κ3) is 2.15. The number of carbonyl (C=O) groups excluding carboxylic acids is 1. The van der Waals surface area contributed by atoms with Gasteiger partial charge in [-0.2, -0.15) is 0 Å². The Bertz CT molecular complexity index is 1020. The van der Waals surface area contributed by atoms with Crippen molar-refractivity contribution in [2.75, 3.05) is 10.6 Å². The fourth-order valence-corrected chi connectivity index (χ4v) is 4.09. The van der Waals surface area contributed by atoms with Crippen molar-refractivity contribution in [1.29, 1.82) is 0 Å². The van der Waals surface area contributed by atoms with Crippen LogP contribution in [0.25, 0.3) is 0 Å². The molecule has 0 radical (unpaired) electrons. The Morgan fingerprint density at radius 2 is 1.81 bits per heavy atom. The van der Waals surface area contributed by atoms with Gasteiger partial charge in [-0.15, -0.1) is 0 Å². The van der Waals surface area contributed by atoms with E-state index in [0.717, 1.165) is 39.3 Å². The van der Waals surface area contributed by atoms with Gasteiger partial charge < -0.3 is 15.7 Å². The first-order valence-electron chi connectivity index (χ1n) is 8.96. The summed E-state index contributed by atoms with van der Waals surface area (Å²) < 4.78 is 0. The smallest absolute Gasteiger partial charge is 0.193 e. The average Bonchev–Trinajstić information content (AvgIpc) is 2.63. The molecule has 3 atom stereocenters. The quantitative estimate of drug-likeness (QED) is 0.626. The van der Waals surface area contributed by atoms with E-state index < -0.39 is 6.10 Å². The topological polar surface area (TPSA) is 61.4 Å². The zero-order chi connectivity index (χ0) is 18.0. The lowest BCUT2D eigenvalue weighted by Crippen LogP contribution is -2.33. The van der Waals surface area contributed by atoms with E-state index in [2.05, 4.69) is 23.6 Å². The van der Waals surface area contributed by atoms with E-state index in [4.69, 9.17) is 0 Å². The highest BCUT2D eigenvalue weighted by molar-refractivity contribution is 6.16. The van der Waals surface area contributed by atoms with Gasteiger partial charge in [-0.05, 0) is 31.0 Å². The highest BCUT2D eigenvalue weighted by Gasteiger charge is 2.33. The van der Waals surface area contributed by atoms with Crippen molar-refractivity contribution in [2.45, 2.75) is 26.0 Å². The molecule has 0 saturated heterocycles. The van der Waals surface area contributed by atoms with E-state index >= 15 is 0 Å². The molecule has 0 amide bonds. The van der Waals surface area contributed by atoms with Crippen LogP contribution in [0.4, 0.5) is 17.1 Å². The van der Waals surface area contributed by atoms with Crippen molar-refractivity contribution in [1.82, 2.24) is 0 Å². The third-order valence-electron chi connectivity index (χ3n) is 5.46.